The normalized spacial score (nSPS) is 14.7. The molecule has 1 saturated carbocycles. The van der Waals surface area contributed by atoms with E-state index in [4.69, 9.17) is 4.98 Å². The second-order valence-corrected chi connectivity index (χ2v) is 9.24. The minimum absolute atomic E-state index is 0.00761. The molecule has 30 heavy (non-hydrogen) atoms. The van der Waals surface area contributed by atoms with Crippen molar-refractivity contribution in [1.82, 2.24) is 10.3 Å². The summed E-state index contributed by atoms with van der Waals surface area (Å²) in [6, 6.07) is 16.8. The van der Waals surface area contributed by atoms with Gasteiger partial charge in [0.2, 0.25) is 0 Å². The summed E-state index contributed by atoms with van der Waals surface area (Å²) < 4.78 is 0.955. The van der Waals surface area contributed by atoms with Gasteiger partial charge in [-0.05, 0) is 55.5 Å². The number of carbonyl (C=O) groups excluding carboxylic acids is 1. The van der Waals surface area contributed by atoms with Crippen molar-refractivity contribution in [2.45, 2.75) is 64.3 Å². The molecule has 0 radical (unpaired) electrons. The lowest BCUT2D eigenvalue weighted by Gasteiger charge is -2.23. The number of amides is 1. The number of aromatic nitrogens is 1. The average molecular weight is 465 g/mol. The maximum atomic E-state index is 13.2. The molecule has 0 bridgehead atoms. The number of hydrogen-bond acceptors (Lipinski definition) is 2. The summed E-state index contributed by atoms with van der Waals surface area (Å²) in [6.07, 6.45) is 9.32. The Labute approximate surface area is 187 Å². The van der Waals surface area contributed by atoms with E-state index in [2.05, 4.69) is 52.4 Å². The maximum Gasteiger partial charge on any atom is 0.252 e. The zero-order chi connectivity index (χ0) is 20.9. The molecule has 2 aromatic carbocycles. The van der Waals surface area contributed by atoms with E-state index < -0.39 is 0 Å². The SMILES string of the molecule is CCCCc1ccc(-c2cc(C(=O)NC3CCCCC3)c3cc(Br)ccc3n2)cc1. The summed E-state index contributed by atoms with van der Waals surface area (Å²) in [6.45, 7) is 2.21. The minimum Gasteiger partial charge on any atom is -0.349 e. The Hall–Kier alpha value is -2.20. The predicted octanol–water partition coefficient (Wildman–Crippen LogP) is 7.07. The summed E-state index contributed by atoms with van der Waals surface area (Å²) in [5, 5.41) is 4.17. The lowest BCUT2D eigenvalue weighted by atomic mass is 9.95. The number of rotatable bonds is 6. The van der Waals surface area contributed by atoms with Gasteiger partial charge in [0.1, 0.15) is 0 Å². The van der Waals surface area contributed by atoms with Gasteiger partial charge in [-0.25, -0.2) is 4.98 Å². The second-order valence-electron chi connectivity index (χ2n) is 8.33. The number of nitrogens with zero attached hydrogens (tertiary/aromatic N) is 1. The molecule has 3 nitrogen and oxygen atoms in total. The number of pyridine rings is 1. The van der Waals surface area contributed by atoms with Crippen LogP contribution < -0.4 is 5.32 Å². The molecule has 0 unspecified atom stereocenters. The van der Waals surface area contributed by atoms with Gasteiger partial charge in [0, 0.05) is 21.5 Å². The number of unbranched alkanes of at least 4 members (excludes halogenated alkanes) is 1. The highest BCUT2D eigenvalue weighted by molar-refractivity contribution is 9.10. The van der Waals surface area contributed by atoms with Gasteiger partial charge in [0.25, 0.3) is 5.91 Å². The summed E-state index contributed by atoms with van der Waals surface area (Å²) in [5.41, 5.74) is 4.80. The third-order valence-corrected chi connectivity index (χ3v) is 6.52. The largest absolute Gasteiger partial charge is 0.349 e. The molecule has 1 aromatic heterocycles. The van der Waals surface area contributed by atoms with Gasteiger partial charge in [0.05, 0.1) is 16.8 Å². The van der Waals surface area contributed by atoms with Crippen LogP contribution in [0.15, 0.2) is 53.0 Å². The van der Waals surface area contributed by atoms with Crippen LogP contribution in [0, 0.1) is 0 Å². The zero-order valence-electron chi connectivity index (χ0n) is 17.6. The molecule has 0 aliphatic heterocycles. The fourth-order valence-electron chi connectivity index (χ4n) is 4.27. The zero-order valence-corrected chi connectivity index (χ0v) is 19.2. The van der Waals surface area contributed by atoms with Gasteiger partial charge >= 0.3 is 0 Å². The van der Waals surface area contributed by atoms with Crippen molar-refractivity contribution in [3.63, 3.8) is 0 Å². The third kappa shape index (κ3) is 4.92. The molecule has 1 amide bonds. The van der Waals surface area contributed by atoms with E-state index in [-0.39, 0.29) is 11.9 Å². The highest BCUT2D eigenvalue weighted by Gasteiger charge is 2.19. The second kappa shape index (κ2) is 9.74. The van der Waals surface area contributed by atoms with Crippen molar-refractivity contribution in [2.24, 2.45) is 0 Å². The Bertz CT molecular complexity index is 1020. The molecule has 1 N–H and O–H groups in total. The fourth-order valence-corrected chi connectivity index (χ4v) is 4.63. The molecule has 0 saturated heterocycles. The lowest BCUT2D eigenvalue weighted by Crippen LogP contribution is -2.36. The molecule has 0 spiro atoms. The standard InChI is InChI=1S/C26H29BrN2O/c1-2-3-7-18-10-12-19(13-11-18)25-17-23(22-16-20(27)14-15-24(22)29-25)26(30)28-21-8-5-4-6-9-21/h10-17,21H,2-9H2,1H3,(H,28,30). The quantitative estimate of drug-likeness (QED) is 0.423. The summed E-state index contributed by atoms with van der Waals surface area (Å²) in [5.74, 6) is 0.00761. The van der Waals surface area contributed by atoms with Crippen LogP contribution >= 0.6 is 15.9 Å². The van der Waals surface area contributed by atoms with E-state index in [1.165, 1.54) is 37.7 Å². The highest BCUT2D eigenvalue weighted by Crippen LogP contribution is 2.28. The van der Waals surface area contributed by atoms with E-state index in [1.54, 1.807) is 0 Å². The number of benzene rings is 2. The molecule has 156 valence electrons. The van der Waals surface area contributed by atoms with Crippen molar-refractivity contribution in [2.75, 3.05) is 0 Å². The Balaban J connectivity index is 1.69. The van der Waals surface area contributed by atoms with Crippen LogP contribution in [-0.4, -0.2) is 16.9 Å². The number of hydrogen-bond donors (Lipinski definition) is 1. The van der Waals surface area contributed by atoms with Crippen LogP contribution in [0.2, 0.25) is 0 Å². The summed E-state index contributed by atoms with van der Waals surface area (Å²) in [7, 11) is 0. The molecule has 1 aliphatic rings. The number of halogens is 1. The first-order valence-electron chi connectivity index (χ1n) is 11.1. The van der Waals surface area contributed by atoms with Gasteiger partial charge in [-0.2, -0.15) is 0 Å². The Morgan fingerprint density at radius 1 is 1.07 bits per heavy atom. The van der Waals surface area contributed by atoms with Crippen molar-refractivity contribution in [1.29, 1.82) is 0 Å². The maximum absolute atomic E-state index is 13.2. The molecule has 0 atom stereocenters. The van der Waals surface area contributed by atoms with Gasteiger partial charge < -0.3 is 5.32 Å². The molecule has 3 aromatic rings. The fraction of sp³-hybridized carbons (Fsp3) is 0.385. The van der Waals surface area contributed by atoms with Crippen molar-refractivity contribution >= 4 is 32.7 Å². The number of fused-ring (bicyclic) bond motifs is 1. The van der Waals surface area contributed by atoms with Crippen molar-refractivity contribution in [3.8, 4) is 11.3 Å². The third-order valence-electron chi connectivity index (χ3n) is 6.02. The first kappa shape index (κ1) is 21.0. The van der Waals surface area contributed by atoms with Crippen LogP contribution in [-0.2, 0) is 6.42 Å². The molecule has 1 heterocycles. The first-order valence-corrected chi connectivity index (χ1v) is 11.9. The highest BCUT2D eigenvalue weighted by atomic mass is 79.9. The number of aryl methyl sites for hydroxylation is 1. The van der Waals surface area contributed by atoms with E-state index in [0.717, 1.165) is 45.9 Å². The monoisotopic (exact) mass is 464 g/mol. The van der Waals surface area contributed by atoms with Crippen LogP contribution in [0.3, 0.4) is 0 Å². The Morgan fingerprint density at radius 3 is 2.57 bits per heavy atom. The molecule has 1 fully saturated rings. The number of nitrogens with one attached hydrogen (secondary N) is 1. The molecule has 4 rings (SSSR count). The molecular formula is C26H29BrN2O. The van der Waals surface area contributed by atoms with E-state index >= 15 is 0 Å². The molecular weight excluding hydrogens is 436 g/mol. The smallest absolute Gasteiger partial charge is 0.252 e. The summed E-state index contributed by atoms with van der Waals surface area (Å²) in [4.78, 5) is 18.1. The van der Waals surface area contributed by atoms with E-state index in [1.807, 2.05) is 24.3 Å². The van der Waals surface area contributed by atoms with Crippen molar-refractivity contribution in [3.05, 3.63) is 64.1 Å². The van der Waals surface area contributed by atoms with Gasteiger partial charge in [0.15, 0.2) is 0 Å². The Morgan fingerprint density at radius 2 is 1.83 bits per heavy atom. The van der Waals surface area contributed by atoms with Crippen molar-refractivity contribution < 1.29 is 4.79 Å². The van der Waals surface area contributed by atoms with Gasteiger partial charge in [-0.1, -0.05) is 72.8 Å². The van der Waals surface area contributed by atoms with Gasteiger partial charge in [-0.15, -0.1) is 0 Å². The van der Waals surface area contributed by atoms with Crippen LogP contribution in [0.1, 0.15) is 67.8 Å². The van der Waals surface area contributed by atoms with Crippen LogP contribution in [0.4, 0.5) is 0 Å². The van der Waals surface area contributed by atoms with E-state index in [9.17, 15) is 4.79 Å². The molecule has 4 heteroatoms. The van der Waals surface area contributed by atoms with Gasteiger partial charge in [-0.3, -0.25) is 4.79 Å². The van der Waals surface area contributed by atoms with E-state index in [0.29, 0.717) is 5.56 Å². The lowest BCUT2D eigenvalue weighted by molar-refractivity contribution is 0.0929. The predicted molar refractivity (Wildman–Crippen MR) is 128 cm³/mol. The topological polar surface area (TPSA) is 42.0 Å². The number of carbonyl (C=O) groups is 1. The molecule has 1 aliphatic carbocycles. The van der Waals surface area contributed by atoms with Crippen LogP contribution in [0.25, 0.3) is 22.2 Å². The first-order chi connectivity index (χ1) is 14.6. The van der Waals surface area contributed by atoms with Crippen LogP contribution in [0.5, 0.6) is 0 Å². The summed E-state index contributed by atoms with van der Waals surface area (Å²) >= 11 is 3.55. The minimum atomic E-state index is 0.00761. The Kier molecular flexibility index (Phi) is 6.83. The average Bonchev–Trinajstić information content (AvgIpc) is 2.78.